The zero-order valence-corrected chi connectivity index (χ0v) is 18.0. The molecule has 0 fully saturated rings. The average Bonchev–Trinajstić information content (AvgIpc) is 3.24. The molecule has 0 aliphatic carbocycles. The van der Waals surface area contributed by atoms with Gasteiger partial charge in [0, 0.05) is 30.6 Å². The van der Waals surface area contributed by atoms with Crippen molar-refractivity contribution in [1.29, 1.82) is 0 Å². The molecule has 1 aromatic heterocycles. The van der Waals surface area contributed by atoms with Crippen molar-refractivity contribution in [3.63, 3.8) is 0 Å². The van der Waals surface area contributed by atoms with E-state index >= 15 is 0 Å². The van der Waals surface area contributed by atoms with Gasteiger partial charge in [-0.1, -0.05) is 60.7 Å². The van der Waals surface area contributed by atoms with Gasteiger partial charge in [0.25, 0.3) is 0 Å². The van der Waals surface area contributed by atoms with Crippen LogP contribution in [0.1, 0.15) is 27.5 Å². The number of methoxy groups -OCH3 is 1. The van der Waals surface area contributed by atoms with E-state index < -0.39 is 6.04 Å². The van der Waals surface area contributed by atoms with Gasteiger partial charge in [-0.05, 0) is 23.3 Å². The van der Waals surface area contributed by atoms with E-state index in [1.54, 1.807) is 24.1 Å². The maximum Gasteiger partial charge on any atom is 0.193 e. The monoisotopic (exact) mass is 427 g/mol. The molecule has 162 valence electrons. The lowest BCUT2D eigenvalue weighted by atomic mass is 9.95. The van der Waals surface area contributed by atoms with Gasteiger partial charge >= 0.3 is 0 Å². The molecule has 6 heteroatoms. The topological polar surface area (TPSA) is 76.4 Å². The smallest absolute Gasteiger partial charge is 0.193 e. The molecule has 0 bridgehead atoms. The van der Waals surface area contributed by atoms with E-state index in [2.05, 4.69) is 10.4 Å². The average molecular weight is 428 g/mol. The lowest BCUT2D eigenvalue weighted by molar-refractivity contribution is 0.0970. The molecule has 0 saturated heterocycles. The molecule has 1 atom stereocenters. The summed E-state index contributed by atoms with van der Waals surface area (Å²) in [5, 5.41) is 17.5. The van der Waals surface area contributed by atoms with E-state index in [0.29, 0.717) is 28.3 Å². The van der Waals surface area contributed by atoms with Crippen molar-refractivity contribution in [2.24, 2.45) is 7.05 Å². The van der Waals surface area contributed by atoms with Crippen LogP contribution in [0.25, 0.3) is 11.3 Å². The molecule has 0 amide bonds. The Hall–Kier alpha value is -3.90. The van der Waals surface area contributed by atoms with Crippen molar-refractivity contribution >= 4 is 11.5 Å². The van der Waals surface area contributed by atoms with E-state index in [1.807, 2.05) is 79.8 Å². The quantitative estimate of drug-likeness (QED) is 0.401. The highest BCUT2D eigenvalue weighted by Gasteiger charge is 2.27. The number of carbonyl (C=O) groups is 1. The highest BCUT2D eigenvalue weighted by Crippen LogP contribution is 2.30. The number of carbonyl (C=O) groups excluding carboxylic acids is 1. The second kappa shape index (κ2) is 9.49. The SMILES string of the molecule is COc1cc(CO)cc(NC(C(=O)c2cn(C)nc2-c2ccccc2)c2ccccc2)c1. The van der Waals surface area contributed by atoms with Gasteiger partial charge in [-0.3, -0.25) is 9.48 Å². The number of hydrogen-bond acceptors (Lipinski definition) is 5. The fourth-order valence-corrected chi connectivity index (χ4v) is 3.70. The number of Topliss-reactive ketones (excluding diaryl/α,β-unsaturated/α-hetero) is 1. The maximum atomic E-state index is 13.9. The number of anilines is 1. The Morgan fingerprint density at radius 1 is 1.06 bits per heavy atom. The molecule has 0 aliphatic rings. The first-order valence-corrected chi connectivity index (χ1v) is 10.3. The summed E-state index contributed by atoms with van der Waals surface area (Å²) in [4.78, 5) is 13.9. The van der Waals surface area contributed by atoms with Crippen LogP contribution < -0.4 is 10.1 Å². The van der Waals surface area contributed by atoms with Gasteiger partial charge in [-0.15, -0.1) is 0 Å². The van der Waals surface area contributed by atoms with Crippen LogP contribution in [0.15, 0.2) is 85.1 Å². The molecule has 1 heterocycles. The molecule has 0 aliphatic heterocycles. The Morgan fingerprint density at radius 2 is 1.75 bits per heavy atom. The Labute approximate surface area is 187 Å². The zero-order valence-electron chi connectivity index (χ0n) is 18.0. The van der Waals surface area contributed by atoms with Gasteiger partial charge in [0.2, 0.25) is 0 Å². The summed E-state index contributed by atoms with van der Waals surface area (Å²) < 4.78 is 7.02. The highest BCUT2D eigenvalue weighted by atomic mass is 16.5. The van der Waals surface area contributed by atoms with Crippen molar-refractivity contribution in [2.45, 2.75) is 12.6 Å². The lowest BCUT2D eigenvalue weighted by Gasteiger charge is -2.20. The van der Waals surface area contributed by atoms with Crippen LogP contribution in [0.4, 0.5) is 5.69 Å². The second-order valence-corrected chi connectivity index (χ2v) is 7.51. The standard InChI is InChI=1S/C26H25N3O3/c1-29-16-23(24(28-29)19-9-5-3-6-10-19)26(31)25(20-11-7-4-8-12-20)27-21-13-18(17-30)14-22(15-21)32-2/h3-16,25,27,30H,17H2,1-2H3. The van der Waals surface area contributed by atoms with E-state index in [0.717, 1.165) is 11.1 Å². The summed E-state index contributed by atoms with van der Waals surface area (Å²) in [5.74, 6) is 0.501. The molecule has 32 heavy (non-hydrogen) atoms. The summed E-state index contributed by atoms with van der Waals surface area (Å²) in [6.07, 6.45) is 1.76. The van der Waals surface area contributed by atoms with Crippen molar-refractivity contribution in [1.82, 2.24) is 9.78 Å². The van der Waals surface area contributed by atoms with Crippen LogP contribution >= 0.6 is 0 Å². The van der Waals surface area contributed by atoms with Gasteiger partial charge in [0.05, 0.1) is 19.3 Å². The first-order valence-electron chi connectivity index (χ1n) is 10.3. The number of aliphatic hydroxyl groups excluding tert-OH is 1. The number of aliphatic hydroxyl groups is 1. The molecule has 0 radical (unpaired) electrons. The largest absolute Gasteiger partial charge is 0.497 e. The summed E-state index contributed by atoms with van der Waals surface area (Å²) in [5.41, 5.74) is 4.26. The van der Waals surface area contributed by atoms with Crippen molar-refractivity contribution < 1.29 is 14.6 Å². The number of rotatable bonds is 8. The number of aryl methyl sites for hydroxylation is 1. The molecular formula is C26H25N3O3. The summed E-state index contributed by atoms with van der Waals surface area (Å²) in [6, 6.07) is 24.0. The summed E-state index contributed by atoms with van der Waals surface area (Å²) in [7, 11) is 3.38. The lowest BCUT2D eigenvalue weighted by Crippen LogP contribution is -2.21. The Morgan fingerprint density at radius 3 is 2.41 bits per heavy atom. The van der Waals surface area contributed by atoms with Crippen LogP contribution in [0.3, 0.4) is 0 Å². The predicted molar refractivity (Wildman–Crippen MR) is 125 cm³/mol. The van der Waals surface area contributed by atoms with Crippen LogP contribution in [0.2, 0.25) is 0 Å². The van der Waals surface area contributed by atoms with Gasteiger partial charge in [0.1, 0.15) is 17.5 Å². The normalized spacial score (nSPS) is 11.7. The van der Waals surface area contributed by atoms with Gasteiger partial charge in [-0.25, -0.2) is 0 Å². The fraction of sp³-hybridized carbons (Fsp3) is 0.154. The number of ether oxygens (including phenoxy) is 1. The third-order valence-corrected chi connectivity index (χ3v) is 5.23. The second-order valence-electron chi connectivity index (χ2n) is 7.51. The Balaban J connectivity index is 1.77. The third-order valence-electron chi connectivity index (χ3n) is 5.23. The molecule has 4 aromatic rings. The maximum absolute atomic E-state index is 13.9. The summed E-state index contributed by atoms with van der Waals surface area (Å²) >= 11 is 0. The number of benzene rings is 3. The van der Waals surface area contributed by atoms with Crippen LogP contribution in [-0.2, 0) is 13.7 Å². The van der Waals surface area contributed by atoms with Gasteiger partial charge < -0.3 is 15.2 Å². The molecule has 4 rings (SSSR count). The number of hydrogen-bond donors (Lipinski definition) is 2. The predicted octanol–water partition coefficient (Wildman–Crippen LogP) is 4.62. The van der Waals surface area contributed by atoms with E-state index in [9.17, 15) is 9.90 Å². The number of nitrogens with one attached hydrogen (secondary N) is 1. The summed E-state index contributed by atoms with van der Waals surface area (Å²) in [6.45, 7) is -0.128. The van der Waals surface area contributed by atoms with Crippen LogP contribution in [0.5, 0.6) is 5.75 Å². The first-order chi connectivity index (χ1) is 15.6. The van der Waals surface area contributed by atoms with Gasteiger partial charge in [-0.2, -0.15) is 5.10 Å². The van der Waals surface area contributed by atoms with Gasteiger partial charge in [0.15, 0.2) is 5.78 Å². The number of aromatic nitrogens is 2. The van der Waals surface area contributed by atoms with Crippen LogP contribution in [-0.4, -0.2) is 27.8 Å². The molecule has 1 unspecified atom stereocenters. The van der Waals surface area contributed by atoms with E-state index in [4.69, 9.17) is 4.74 Å². The first kappa shape index (κ1) is 21.3. The molecule has 3 aromatic carbocycles. The number of nitrogens with zero attached hydrogens (tertiary/aromatic N) is 2. The van der Waals surface area contributed by atoms with Crippen molar-refractivity contribution in [3.05, 3.63) is 102 Å². The molecular weight excluding hydrogens is 402 g/mol. The zero-order chi connectivity index (χ0) is 22.5. The molecule has 0 spiro atoms. The minimum Gasteiger partial charge on any atom is -0.497 e. The minimum absolute atomic E-state index is 0.100. The van der Waals surface area contributed by atoms with Crippen LogP contribution in [0, 0.1) is 0 Å². The van der Waals surface area contributed by atoms with E-state index in [-0.39, 0.29) is 12.4 Å². The third kappa shape index (κ3) is 4.55. The van der Waals surface area contributed by atoms with Crippen molar-refractivity contribution in [2.75, 3.05) is 12.4 Å². The minimum atomic E-state index is -0.651. The Bertz CT molecular complexity index is 1180. The molecule has 6 nitrogen and oxygen atoms in total. The molecule has 2 N–H and O–H groups in total. The Kier molecular flexibility index (Phi) is 6.33. The van der Waals surface area contributed by atoms with Crippen molar-refractivity contribution in [3.8, 4) is 17.0 Å². The highest BCUT2D eigenvalue weighted by molar-refractivity contribution is 6.06. The number of ketones is 1. The fourth-order valence-electron chi connectivity index (χ4n) is 3.70. The van der Waals surface area contributed by atoms with E-state index in [1.165, 1.54) is 0 Å². The molecule has 0 saturated carbocycles.